The van der Waals surface area contributed by atoms with Crippen molar-refractivity contribution in [2.45, 2.75) is 32.1 Å². The van der Waals surface area contributed by atoms with Crippen LogP contribution >= 0.6 is 0 Å². The average molecular weight is 481 g/mol. The zero-order valence-corrected chi connectivity index (χ0v) is 20.1. The van der Waals surface area contributed by atoms with E-state index in [1.807, 2.05) is 54.6 Å². The number of carbonyl (C=O) groups excluding carboxylic acids is 1. The van der Waals surface area contributed by atoms with E-state index in [-0.39, 0.29) is 5.88 Å². The molecule has 0 fully saturated rings. The summed E-state index contributed by atoms with van der Waals surface area (Å²) >= 11 is 0. The molecule has 6 nitrogen and oxygen atoms in total. The molecule has 2 N–H and O–H groups in total. The van der Waals surface area contributed by atoms with Crippen molar-refractivity contribution >= 4 is 12.0 Å². The van der Waals surface area contributed by atoms with Gasteiger partial charge in [0.1, 0.15) is 28.9 Å². The minimum absolute atomic E-state index is 0.0247. The first-order chi connectivity index (χ1) is 17.6. The molecule has 0 amide bonds. The number of allylic oxidation sites excluding steroid dienone is 1. The lowest BCUT2D eigenvalue weighted by Gasteiger charge is -2.27. The van der Waals surface area contributed by atoms with Gasteiger partial charge in [0.15, 0.2) is 0 Å². The number of hydrogen-bond acceptors (Lipinski definition) is 6. The summed E-state index contributed by atoms with van der Waals surface area (Å²) in [5.41, 5.74) is 8.96. The second-order valence-corrected chi connectivity index (χ2v) is 8.42. The third kappa shape index (κ3) is 5.94. The van der Waals surface area contributed by atoms with Gasteiger partial charge in [-0.2, -0.15) is 5.26 Å². The first-order valence-corrected chi connectivity index (χ1v) is 12.0. The Balaban J connectivity index is 1.56. The van der Waals surface area contributed by atoms with Gasteiger partial charge >= 0.3 is 5.97 Å². The summed E-state index contributed by atoms with van der Waals surface area (Å²) in [4.78, 5) is 12.3. The Bertz CT molecular complexity index is 1320. The average Bonchev–Trinajstić information content (AvgIpc) is 2.90. The molecule has 36 heavy (non-hydrogen) atoms. The van der Waals surface area contributed by atoms with Crippen LogP contribution < -0.4 is 19.9 Å². The Labute approximate surface area is 211 Å². The Kier molecular flexibility index (Phi) is 8.05. The molecule has 4 rings (SSSR count). The van der Waals surface area contributed by atoms with Crippen molar-refractivity contribution < 1.29 is 19.0 Å². The zero-order valence-electron chi connectivity index (χ0n) is 20.1. The highest BCUT2D eigenvalue weighted by Crippen LogP contribution is 2.44. The fourth-order valence-corrected chi connectivity index (χ4v) is 4.05. The van der Waals surface area contributed by atoms with Crippen LogP contribution in [0.2, 0.25) is 0 Å². The van der Waals surface area contributed by atoms with E-state index in [4.69, 9.17) is 19.9 Å². The molecule has 0 aromatic heterocycles. The highest BCUT2D eigenvalue weighted by molar-refractivity contribution is 5.88. The van der Waals surface area contributed by atoms with E-state index in [2.05, 4.69) is 13.0 Å². The van der Waals surface area contributed by atoms with Crippen molar-refractivity contribution in [2.24, 2.45) is 5.73 Å². The van der Waals surface area contributed by atoms with Crippen molar-refractivity contribution in [3.63, 3.8) is 0 Å². The number of esters is 1. The molecule has 1 aliphatic rings. The number of unbranched alkanes of at least 4 members (excludes halogenated alkanes) is 2. The van der Waals surface area contributed by atoms with Gasteiger partial charge < -0.3 is 19.9 Å². The minimum atomic E-state index is -0.514. The maximum absolute atomic E-state index is 12.3. The van der Waals surface area contributed by atoms with Crippen molar-refractivity contribution in [3.8, 4) is 23.3 Å². The number of hydrogen-bond donors (Lipinski definition) is 1. The summed E-state index contributed by atoms with van der Waals surface area (Å²) in [5, 5.41) is 9.84. The van der Waals surface area contributed by atoms with Gasteiger partial charge in [-0.15, -0.1) is 0 Å². The van der Waals surface area contributed by atoms with Crippen LogP contribution in [0.25, 0.3) is 6.08 Å². The van der Waals surface area contributed by atoms with Crippen molar-refractivity contribution in [3.05, 3.63) is 107 Å². The largest absolute Gasteiger partial charge is 0.494 e. The number of benzene rings is 3. The quantitative estimate of drug-likeness (QED) is 0.172. The van der Waals surface area contributed by atoms with Crippen LogP contribution in [0, 0.1) is 11.3 Å². The molecule has 0 radical (unpaired) electrons. The third-order valence-electron chi connectivity index (χ3n) is 5.83. The summed E-state index contributed by atoms with van der Waals surface area (Å²) in [7, 11) is 0. The summed E-state index contributed by atoms with van der Waals surface area (Å²) < 4.78 is 17.1. The monoisotopic (exact) mass is 480 g/mol. The molecule has 1 heterocycles. The van der Waals surface area contributed by atoms with Crippen molar-refractivity contribution in [1.29, 1.82) is 5.26 Å². The summed E-state index contributed by atoms with van der Waals surface area (Å²) in [6.45, 7) is 2.79. The van der Waals surface area contributed by atoms with Gasteiger partial charge in [0.25, 0.3) is 0 Å². The van der Waals surface area contributed by atoms with E-state index in [1.54, 1.807) is 24.3 Å². The van der Waals surface area contributed by atoms with Crippen LogP contribution in [0.15, 0.2) is 90.3 Å². The lowest BCUT2D eigenvalue weighted by molar-refractivity contribution is -0.128. The SMILES string of the molecule is CCCCCOc1cccc(C2C(C#N)=C(N)Oc3cc(OC(=O)/C=C/c4ccccc4)ccc32)c1. The Morgan fingerprint density at radius 1 is 1.06 bits per heavy atom. The topological polar surface area (TPSA) is 94.6 Å². The molecular weight excluding hydrogens is 452 g/mol. The van der Waals surface area contributed by atoms with Crippen LogP contribution in [0.5, 0.6) is 17.2 Å². The van der Waals surface area contributed by atoms with E-state index in [1.165, 1.54) is 6.08 Å². The lowest BCUT2D eigenvalue weighted by atomic mass is 9.83. The maximum Gasteiger partial charge on any atom is 0.336 e. The maximum atomic E-state index is 12.3. The Morgan fingerprint density at radius 3 is 2.67 bits per heavy atom. The number of ether oxygens (including phenoxy) is 3. The smallest absolute Gasteiger partial charge is 0.336 e. The first kappa shape index (κ1) is 24.6. The van der Waals surface area contributed by atoms with Crippen LogP contribution in [-0.4, -0.2) is 12.6 Å². The standard InChI is InChI=1S/C30H28N2O4/c1-2-3-7-17-34-23-12-8-11-22(18-23)29-25-15-14-24(19-27(25)36-30(32)26(29)20-31)35-28(33)16-13-21-9-5-4-6-10-21/h4-6,8-16,18-19,29H,2-3,7,17,32H2,1H3/b16-13+. The van der Waals surface area contributed by atoms with Crippen LogP contribution in [0.4, 0.5) is 0 Å². The lowest BCUT2D eigenvalue weighted by Crippen LogP contribution is -2.21. The van der Waals surface area contributed by atoms with Crippen LogP contribution in [0.3, 0.4) is 0 Å². The minimum Gasteiger partial charge on any atom is -0.494 e. The molecular formula is C30H28N2O4. The number of fused-ring (bicyclic) bond motifs is 1. The number of nitriles is 1. The molecule has 1 atom stereocenters. The van der Waals surface area contributed by atoms with Crippen molar-refractivity contribution in [1.82, 2.24) is 0 Å². The highest BCUT2D eigenvalue weighted by Gasteiger charge is 2.31. The molecule has 3 aromatic carbocycles. The second kappa shape index (κ2) is 11.8. The van der Waals surface area contributed by atoms with E-state index in [0.29, 0.717) is 23.7 Å². The van der Waals surface area contributed by atoms with E-state index < -0.39 is 11.9 Å². The molecule has 3 aromatic rings. The summed E-state index contributed by atoms with van der Waals surface area (Å²) in [6.07, 6.45) is 6.27. The number of nitrogens with zero attached hydrogens (tertiary/aromatic N) is 1. The first-order valence-electron chi connectivity index (χ1n) is 12.0. The predicted octanol–water partition coefficient (Wildman–Crippen LogP) is 6.09. The molecule has 0 saturated heterocycles. The van der Waals surface area contributed by atoms with Gasteiger partial charge in [0, 0.05) is 17.7 Å². The zero-order chi connectivity index (χ0) is 25.3. The Hall–Kier alpha value is -4.50. The van der Waals surface area contributed by atoms with Gasteiger partial charge in [0.2, 0.25) is 5.88 Å². The normalized spacial score (nSPS) is 14.6. The van der Waals surface area contributed by atoms with Crippen LogP contribution in [-0.2, 0) is 4.79 Å². The fraction of sp³-hybridized carbons (Fsp3) is 0.200. The van der Waals surface area contributed by atoms with Gasteiger partial charge in [-0.25, -0.2) is 4.79 Å². The third-order valence-corrected chi connectivity index (χ3v) is 5.83. The number of carbonyl (C=O) groups is 1. The van der Waals surface area contributed by atoms with E-state index >= 15 is 0 Å². The van der Waals surface area contributed by atoms with Gasteiger partial charge in [0.05, 0.1) is 12.5 Å². The molecule has 1 unspecified atom stereocenters. The number of nitrogens with two attached hydrogens (primary N) is 1. The van der Waals surface area contributed by atoms with Crippen LogP contribution in [0.1, 0.15) is 48.8 Å². The fourth-order valence-electron chi connectivity index (χ4n) is 4.05. The van der Waals surface area contributed by atoms with Gasteiger partial charge in [-0.3, -0.25) is 0 Å². The van der Waals surface area contributed by atoms with Gasteiger partial charge in [-0.1, -0.05) is 68.3 Å². The molecule has 6 heteroatoms. The summed E-state index contributed by atoms with van der Waals surface area (Å²) in [5.74, 6) is 0.570. The molecule has 0 aliphatic carbocycles. The molecule has 1 aliphatic heterocycles. The summed E-state index contributed by atoms with van der Waals surface area (Å²) in [6, 6.07) is 24.4. The number of rotatable bonds is 9. The second-order valence-electron chi connectivity index (χ2n) is 8.42. The van der Waals surface area contributed by atoms with Crippen molar-refractivity contribution in [2.75, 3.05) is 6.61 Å². The van der Waals surface area contributed by atoms with E-state index in [0.717, 1.165) is 41.7 Å². The van der Waals surface area contributed by atoms with E-state index in [9.17, 15) is 10.1 Å². The molecule has 0 spiro atoms. The highest BCUT2D eigenvalue weighted by atomic mass is 16.5. The Morgan fingerprint density at radius 2 is 1.89 bits per heavy atom. The molecule has 182 valence electrons. The predicted molar refractivity (Wildman–Crippen MR) is 138 cm³/mol. The molecule has 0 bridgehead atoms. The molecule has 0 saturated carbocycles. The van der Waals surface area contributed by atoms with Gasteiger partial charge in [-0.05, 0) is 41.8 Å².